The largest absolute Gasteiger partial charge is 0.506 e. The van der Waals surface area contributed by atoms with Crippen LogP contribution in [0.4, 0.5) is 0 Å². The Morgan fingerprint density at radius 2 is 1.77 bits per heavy atom. The molecule has 40 heavy (non-hydrogen) atoms. The molecule has 10 heteroatoms. The van der Waals surface area contributed by atoms with Crippen LogP contribution in [-0.4, -0.2) is 28.6 Å². The Hall–Kier alpha value is -4.03. The molecule has 7 nitrogen and oxygen atoms in total. The van der Waals surface area contributed by atoms with Crippen LogP contribution in [0.1, 0.15) is 39.5 Å². The van der Waals surface area contributed by atoms with Crippen LogP contribution in [-0.2, 0) is 16.1 Å². The minimum Gasteiger partial charge on any atom is -0.506 e. The van der Waals surface area contributed by atoms with Gasteiger partial charge in [0.25, 0.3) is 5.91 Å². The third kappa shape index (κ3) is 6.40. The van der Waals surface area contributed by atoms with E-state index in [4.69, 9.17) is 32.7 Å². The SMILES string of the molecule is CCOC(=O)C1=C(O)/C(=C/c2cc(Cl)c(OCc3ccccc3C#N)c(Cl)c2)SC1=NC(=O)c1ccccc1C. The summed E-state index contributed by atoms with van der Waals surface area (Å²) in [5.74, 6) is -1.50. The normalized spacial score (nSPS) is 14.9. The highest BCUT2D eigenvalue weighted by molar-refractivity contribution is 8.18. The molecule has 1 aliphatic heterocycles. The number of aliphatic hydroxyl groups is 1. The van der Waals surface area contributed by atoms with Crippen molar-refractivity contribution in [3.8, 4) is 11.8 Å². The third-order valence-corrected chi connectivity index (χ3v) is 7.36. The predicted molar refractivity (Wildman–Crippen MR) is 157 cm³/mol. The first-order valence-corrected chi connectivity index (χ1v) is 13.6. The summed E-state index contributed by atoms with van der Waals surface area (Å²) in [4.78, 5) is 30.0. The molecule has 1 N–H and O–H groups in total. The van der Waals surface area contributed by atoms with Crippen molar-refractivity contribution in [3.63, 3.8) is 0 Å². The standard InChI is InChI=1S/C30H22Cl2N2O5S/c1-3-38-30(37)25-26(35)24(40-29(25)34-28(36)21-11-7-4-8-17(21)2)14-18-12-22(31)27(23(32)13-18)39-16-20-10-6-5-9-19(20)15-33/h4-14,35H,3,16H2,1-2H3/b24-14-,34-29?. The zero-order valence-electron chi connectivity index (χ0n) is 21.4. The average molecular weight is 593 g/mol. The van der Waals surface area contributed by atoms with Gasteiger partial charge in [-0.05, 0) is 55.3 Å². The van der Waals surface area contributed by atoms with E-state index in [2.05, 4.69) is 11.1 Å². The maximum atomic E-state index is 12.9. The topological polar surface area (TPSA) is 109 Å². The van der Waals surface area contributed by atoms with Crippen LogP contribution in [0.5, 0.6) is 5.75 Å². The average Bonchev–Trinajstić information content (AvgIpc) is 3.22. The Morgan fingerprint density at radius 3 is 2.45 bits per heavy atom. The van der Waals surface area contributed by atoms with Crippen molar-refractivity contribution in [3.05, 3.63) is 115 Å². The number of aliphatic imine (C=N–C) groups is 1. The van der Waals surface area contributed by atoms with Gasteiger partial charge >= 0.3 is 5.97 Å². The van der Waals surface area contributed by atoms with E-state index in [0.29, 0.717) is 22.3 Å². The molecular weight excluding hydrogens is 571 g/mol. The summed E-state index contributed by atoms with van der Waals surface area (Å²) in [5.41, 5.74) is 2.56. The van der Waals surface area contributed by atoms with Crippen LogP contribution >= 0.6 is 35.0 Å². The van der Waals surface area contributed by atoms with Gasteiger partial charge in [-0.25, -0.2) is 9.79 Å². The summed E-state index contributed by atoms with van der Waals surface area (Å²) in [6.45, 7) is 3.57. The zero-order chi connectivity index (χ0) is 28.8. The molecule has 1 amide bonds. The fraction of sp³-hybridized carbons (Fsp3) is 0.133. The van der Waals surface area contributed by atoms with Crippen molar-refractivity contribution >= 4 is 58.0 Å². The lowest BCUT2D eigenvalue weighted by Gasteiger charge is -2.12. The first kappa shape index (κ1) is 29.0. The number of nitrogens with zero attached hydrogens (tertiary/aromatic N) is 2. The lowest BCUT2D eigenvalue weighted by atomic mass is 10.1. The molecule has 3 aromatic rings. The van der Waals surface area contributed by atoms with E-state index >= 15 is 0 Å². The highest BCUT2D eigenvalue weighted by Gasteiger charge is 2.34. The molecule has 0 fully saturated rings. The van der Waals surface area contributed by atoms with Crippen LogP contribution < -0.4 is 4.74 Å². The fourth-order valence-corrected chi connectivity index (χ4v) is 5.44. The second kappa shape index (κ2) is 12.9. The monoisotopic (exact) mass is 592 g/mol. The molecule has 1 aliphatic rings. The molecule has 0 saturated carbocycles. The quantitative estimate of drug-likeness (QED) is 0.283. The number of carbonyl (C=O) groups excluding carboxylic acids is 2. The second-order valence-electron chi connectivity index (χ2n) is 8.46. The van der Waals surface area contributed by atoms with Gasteiger partial charge in [0.1, 0.15) is 23.0 Å². The molecule has 0 aromatic heterocycles. The van der Waals surface area contributed by atoms with Crippen molar-refractivity contribution in [1.29, 1.82) is 5.26 Å². The maximum absolute atomic E-state index is 12.9. The number of halogens is 2. The number of hydrogen-bond acceptors (Lipinski definition) is 7. The zero-order valence-corrected chi connectivity index (χ0v) is 23.7. The van der Waals surface area contributed by atoms with E-state index in [1.165, 1.54) is 0 Å². The third-order valence-electron chi connectivity index (χ3n) is 5.78. The highest BCUT2D eigenvalue weighted by atomic mass is 35.5. The van der Waals surface area contributed by atoms with E-state index in [-0.39, 0.29) is 50.3 Å². The number of esters is 1. The fourth-order valence-electron chi connectivity index (χ4n) is 3.81. The number of thioether (sulfide) groups is 1. The van der Waals surface area contributed by atoms with Crippen LogP contribution in [0.2, 0.25) is 10.0 Å². The van der Waals surface area contributed by atoms with Gasteiger partial charge in [0.2, 0.25) is 0 Å². The number of carbonyl (C=O) groups is 2. The lowest BCUT2D eigenvalue weighted by molar-refractivity contribution is -0.138. The lowest BCUT2D eigenvalue weighted by Crippen LogP contribution is -2.14. The van der Waals surface area contributed by atoms with Gasteiger partial charge in [-0.1, -0.05) is 71.4 Å². The summed E-state index contributed by atoms with van der Waals surface area (Å²) >= 11 is 13.9. The molecule has 4 rings (SSSR count). The Bertz CT molecular complexity index is 1620. The summed E-state index contributed by atoms with van der Waals surface area (Å²) < 4.78 is 10.9. The van der Waals surface area contributed by atoms with Crippen molar-refractivity contribution < 1.29 is 24.2 Å². The van der Waals surface area contributed by atoms with Crippen molar-refractivity contribution in [2.45, 2.75) is 20.5 Å². The van der Waals surface area contributed by atoms with Gasteiger partial charge in [-0.2, -0.15) is 5.26 Å². The summed E-state index contributed by atoms with van der Waals surface area (Å²) in [7, 11) is 0. The van der Waals surface area contributed by atoms with Crippen molar-refractivity contribution in [2.24, 2.45) is 4.99 Å². The molecular formula is C30H22Cl2N2O5S. The molecule has 1 heterocycles. The minimum absolute atomic E-state index is 0.0174. The minimum atomic E-state index is -0.801. The van der Waals surface area contributed by atoms with Gasteiger partial charge in [0.05, 0.1) is 33.2 Å². The van der Waals surface area contributed by atoms with Crippen LogP contribution in [0.25, 0.3) is 6.08 Å². The van der Waals surface area contributed by atoms with Crippen LogP contribution in [0.3, 0.4) is 0 Å². The van der Waals surface area contributed by atoms with Gasteiger partial charge in [0.15, 0.2) is 5.75 Å². The van der Waals surface area contributed by atoms with Crippen LogP contribution in [0, 0.1) is 18.3 Å². The molecule has 0 unspecified atom stereocenters. The second-order valence-corrected chi connectivity index (χ2v) is 10.3. The Kier molecular flexibility index (Phi) is 9.33. The Labute approximate surface area is 245 Å². The summed E-state index contributed by atoms with van der Waals surface area (Å²) in [6, 6.07) is 19.2. The van der Waals surface area contributed by atoms with Gasteiger partial charge in [-0.15, -0.1) is 0 Å². The predicted octanol–water partition coefficient (Wildman–Crippen LogP) is 7.45. The first-order chi connectivity index (χ1) is 19.2. The van der Waals surface area contributed by atoms with Crippen molar-refractivity contribution in [2.75, 3.05) is 6.61 Å². The van der Waals surface area contributed by atoms with Gasteiger partial charge < -0.3 is 14.6 Å². The first-order valence-electron chi connectivity index (χ1n) is 12.0. The van der Waals surface area contributed by atoms with E-state index in [0.717, 1.165) is 17.3 Å². The number of benzene rings is 3. The molecule has 0 bridgehead atoms. The van der Waals surface area contributed by atoms with Gasteiger partial charge in [0, 0.05) is 11.1 Å². The molecule has 0 aliphatic carbocycles. The number of aliphatic hydroxyl groups excluding tert-OH is 1. The number of rotatable bonds is 7. The van der Waals surface area contributed by atoms with Crippen LogP contribution in [0.15, 0.2) is 81.9 Å². The number of amides is 1. The number of ether oxygens (including phenoxy) is 2. The maximum Gasteiger partial charge on any atom is 0.344 e. The smallest absolute Gasteiger partial charge is 0.344 e. The highest BCUT2D eigenvalue weighted by Crippen LogP contribution is 2.41. The summed E-state index contributed by atoms with van der Waals surface area (Å²) in [6.07, 6.45) is 1.56. The molecule has 202 valence electrons. The number of aryl methyl sites for hydroxylation is 1. The van der Waals surface area contributed by atoms with E-state index in [1.54, 1.807) is 80.6 Å². The van der Waals surface area contributed by atoms with E-state index < -0.39 is 11.9 Å². The number of hydrogen-bond donors (Lipinski definition) is 1. The van der Waals surface area contributed by atoms with Gasteiger partial charge in [-0.3, -0.25) is 4.79 Å². The Morgan fingerprint density at radius 1 is 1.10 bits per heavy atom. The molecule has 0 saturated heterocycles. The van der Waals surface area contributed by atoms with Crippen molar-refractivity contribution in [1.82, 2.24) is 0 Å². The molecule has 0 atom stereocenters. The summed E-state index contributed by atoms with van der Waals surface area (Å²) in [5, 5.41) is 20.7. The molecule has 3 aromatic carbocycles. The van der Waals surface area contributed by atoms with E-state index in [9.17, 15) is 20.0 Å². The Balaban J connectivity index is 1.65. The van der Waals surface area contributed by atoms with E-state index in [1.807, 2.05) is 0 Å². The number of nitriles is 1. The molecule has 0 radical (unpaired) electrons. The molecule has 0 spiro atoms.